The predicted octanol–water partition coefficient (Wildman–Crippen LogP) is 1.99. The van der Waals surface area contributed by atoms with Gasteiger partial charge in [-0.1, -0.05) is 6.08 Å². The molecular weight excluding hydrogens is 349 g/mol. The molecule has 1 aromatic carbocycles. The van der Waals surface area contributed by atoms with Gasteiger partial charge in [0.1, 0.15) is 11.9 Å². The number of halogens is 1. The highest BCUT2D eigenvalue weighted by atomic mass is 19.1. The fraction of sp³-hybridized carbons (Fsp3) is 0.500. The highest BCUT2D eigenvalue weighted by Crippen LogP contribution is 2.32. The Balaban J connectivity index is 1.50. The number of piperidine rings is 1. The second-order valence-electron chi connectivity index (χ2n) is 7.57. The number of aryl methyl sites for hydroxylation is 1. The Bertz CT molecular complexity index is 810. The molecule has 2 fully saturated rings. The second kappa shape index (κ2) is 6.96. The molecule has 0 radical (unpaired) electrons. The first-order valence-corrected chi connectivity index (χ1v) is 9.43. The lowest BCUT2D eigenvalue weighted by Crippen LogP contribution is -2.56. The molecule has 0 aliphatic carbocycles. The number of benzene rings is 1. The predicted molar refractivity (Wildman–Crippen MR) is 98.9 cm³/mol. The number of aliphatic carboxylic acids is 1. The number of carboxylic acid groups (broad SMARTS) is 1. The highest BCUT2D eigenvalue weighted by Gasteiger charge is 2.39. The van der Waals surface area contributed by atoms with Crippen molar-refractivity contribution in [2.75, 3.05) is 31.1 Å². The lowest BCUT2D eigenvalue weighted by atomic mass is 9.93. The lowest BCUT2D eigenvalue weighted by Gasteiger charge is -2.45. The topological polar surface area (TPSA) is 64.1 Å². The monoisotopic (exact) mass is 373 g/mol. The average molecular weight is 373 g/mol. The molecule has 0 spiro atoms. The molecule has 2 atom stereocenters. The maximum atomic E-state index is 13.4. The molecule has 7 heteroatoms. The van der Waals surface area contributed by atoms with E-state index in [2.05, 4.69) is 4.90 Å². The van der Waals surface area contributed by atoms with Crippen molar-refractivity contribution >= 4 is 17.6 Å². The molecule has 0 aromatic heterocycles. The van der Waals surface area contributed by atoms with Crippen LogP contribution in [0.5, 0.6) is 0 Å². The van der Waals surface area contributed by atoms with Crippen LogP contribution in [0.3, 0.4) is 0 Å². The molecule has 3 aliphatic rings. The molecule has 0 saturated carbocycles. The van der Waals surface area contributed by atoms with Crippen LogP contribution in [0.4, 0.5) is 10.1 Å². The minimum atomic E-state index is -0.850. The molecule has 1 aromatic rings. The van der Waals surface area contributed by atoms with Crippen LogP contribution < -0.4 is 4.90 Å². The second-order valence-corrected chi connectivity index (χ2v) is 7.57. The third-order valence-corrected chi connectivity index (χ3v) is 5.98. The van der Waals surface area contributed by atoms with E-state index in [-0.39, 0.29) is 17.8 Å². The van der Waals surface area contributed by atoms with E-state index in [0.29, 0.717) is 32.5 Å². The van der Waals surface area contributed by atoms with Gasteiger partial charge >= 0.3 is 5.97 Å². The van der Waals surface area contributed by atoms with E-state index < -0.39 is 12.0 Å². The van der Waals surface area contributed by atoms with Crippen LogP contribution in [0.15, 0.2) is 30.0 Å². The molecule has 3 aliphatic heterocycles. The Morgan fingerprint density at radius 1 is 1.26 bits per heavy atom. The van der Waals surface area contributed by atoms with E-state index >= 15 is 0 Å². The third-order valence-electron chi connectivity index (χ3n) is 5.98. The Labute approximate surface area is 157 Å². The fourth-order valence-corrected chi connectivity index (χ4v) is 4.57. The van der Waals surface area contributed by atoms with Crippen LogP contribution >= 0.6 is 0 Å². The Morgan fingerprint density at radius 2 is 2.07 bits per heavy atom. The van der Waals surface area contributed by atoms with Gasteiger partial charge in [0.2, 0.25) is 5.91 Å². The number of nitrogens with zero attached hydrogens (tertiary/aromatic N) is 3. The van der Waals surface area contributed by atoms with Crippen molar-refractivity contribution in [3.8, 4) is 0 Å². The van der Waals surface area contributed by atoms with E-state index in [0.717, 1.165) is 29.9 Å². The van der Waals surface area contributed by atoms with Gasteiger partial charge in [-0.25, -0.2) is 9.18 Å². The van der Waals surface area contributed by atoms with E-state index in [1.165, 1.54) is 12.1 Å². The number of anilines is 1. The third kappa shape index (κ3) is 3.32. The van der Waals surface area contributed by atoms with E-state index in [9.17, 15) is 19.1 Å². The van der Waals surface area contributed by atoms with Gasteiger partial charge in [-0.15, -0.1) is 0 Å². The summed E-state index contributed by atoms with van der Waals surface area (Å²) in [6, 6.07) is 4.04. The number of hydrogen-bond donors (Lipinski definition) is 1. The van der Waals surface area contributed by atoms with Gasteiger partial charge in [-0.2, -0.15) is 0 Å². The van der Waals surface area contributed by atoms with Crippen molar-refractivity contribution in [3.05, 3.63) is 41.4 Å². The molecule has 2 saturated heterocycles. The summed E-state index contributed by atoms with van der Waals surface area (Å²) in [5.41, 5.74) is 2.59. The van der Waals surface area contributed by atoms with Crippen molar-refractivity contribution in [2.45, 2.75) is 38.3 Å². The number of carboxylic acids is 1. The first-order chi connectivity index (χ1) is 12.9. The summed E-state index contributed by atoms with van der Waals surface area (Å²) in [5, 5.41) is 9.82. The molecule has 1 N–H and O–H groups in total. The number of carbonyl (C=O) groups excluding carboxylic acids is 1. The molecule has 27 heavy (non-hydrogen) atoms. The van der Waals surface area contributed by atoms with Crippen LogP contribution in [0.2, 0.25) is 0 Å². The molecule has 4 rings (SSSR count). The molecule has 144 valence electrons. The molecule has 2 unspecified atom stereocenters. The van der Waals surface area contributed by atoms with Gasteiger partial charge in [-0.3, -0.25) is 9.69 Å². The van der Waals surface area contributed by atoms with Gasteiger partial charge < -0.3 is 14.9 Å². The quantitative estimate of drug-likeness (QED) is 0.878. The van der Waals surface area contributed by atoms with E-state index in [1.54, 1.807) is 6.07 Å². The first kappa shape index (κ1) is 18.0. The zero-order valence-corrected chi connectivity index (χ0v) is 15.4. The van der Waals surface area contributed by atoms with Crippen LogP contribution in [0.1, 0.15) is 24.8 Å². The Morgan fingerprint density at radius 3 is 2.81 bits per heavy atom. The number of piperazine rings is 1. The summed E-state index contributed by atoms with van der Waals surface area (Å²) in [6.45, 7) is 4.59. The van der Waals surface area contributed by atoms with E-state index in [4.69, 9.17) is 0 Å². The summed E-state index contributed by atoms with van der Waals surface area (Å²) in [5.74, 6) is -0.998. The van der Waals surface area contributed by atoms with Crippen LogP contribution in [-0.2, 0) is 9.59 Å². The van der Waals surface area contributed by atoms with Gasteiger partial charge in [0.15, 0.2) is 0 Å². The molecule has 3 heterocycles. The number of carbonyl (C=O) groups is 2. The minimum Gasteiger partial charge on any atom is -0.480 e. The molecule has 6 nitrogen and oxygen atoms in total. The fourth-order valence-electron chi connectivity index (χ4n) is 4.57. The maximum Gasteiger partial charge on any atom is 0.326 e. The summed E-state index contributed by atoms with van der Waals surface area (Å²) in [4.78, 5) is 29.9. The van der Waals surface area contributed by atoms with E-state index in [1.807, 2.05) is 22.8 Å². The number of amides is 1. The average Bonchev–Trinajstić information content (AvgIpc) is 3.02. The normalized spacial score (nSPS) is 26.1. The zero-order valence-electron chi connectivity index (χ0n) is 15.4. The summed E-state index contributed by atoms with van der Waals surface area (Å²) in [6.07, 6.45) is 3.83. The Kier molecular flexibility index (Phi) is 4.63. The zero-order chi connectivity index (χ0) is 19.1. The Hall–Kier alpha value is -2.41. The minimum absolute atomic E-state index is 0.162. The first-order valence-electron chi connectivity index (χ1n) is 9.43. The smallest absolute Gasteiger partial charge is 0.326 e. The molecular formula is C20H24FN3O3. The SMILES string of the molecule is Cc1cc(F)ccc1N1CCC(N2CCN3C(=O)CC=C3C2)CC1C(=O)O. The van der Waals surface area contributed by atoms with Crippen LogP contribution in [0, 0.1) is 12.7 Å². The number of fused-ring (bicyclic) bond motifs is 1. The van der Waals surface area contributed by atoms with Gasteiger partial charge in [-0.05, 0) is 43.5 Å². The number of rotatable bonds is 3. The standard InChI is InChI=1S/C20H24FN3O3/c1-13-10-14(21)2-4-17(13)24-7-6-15(11-18(24)20(26)27)22-8-9-23-16(12-22)3-5-19(23)25/h2-4,10,15,18H,5-9,11-12H2,1H3,(H,26,27). The molecule has 0 bridgehead atoms. The number of hydrogen-bond acceptors (Lipinski definition) is 4. The van der Waals surface area contributed by atoms with Gasteiger partial charge in [0.05, 0.1) is 0 Å². The largest absolute Gasteiger partial charge is 0.480 e. The van der Waals surface area contributed by atoms with Crippen molar-refractivity contribution < 1.29 is 19.1 Å². The van der Waals surface area contributed by atoms with Gasteiger partial charge in [0, 0.05) is 50.0 Å². The molecule has 1 amide bonds. The van der Waals surface area contributed by atoms with Crippen molar-refractivity contribution in [1.82, 2.24) is 9.80 Å². The van der Waals surface area contributed by atoms with Crippen molar-refractivity contribution in [2.24, 2.45) is 0 Å². The van der Waals surface area contributed by atoms with Crippen LogP contribution in [-0.4, -0.2) is 65.0 Å². The van der Waals surface area contributed by atoms with Crippen molar-refractivity contribution in [3.63, 3.8) is 0 Å². The maximum absolute atomic E-state index is 13.4. The lowest BCUT2D eigenvalue weighted by molar-refractivity contribution is -0.139. The van der Waals surface area contributed by atoms with Crippen LogP contribution in [0.25, 0.3) is 0 Å². The summed E-state index contributed by atoms with van der Waals surface area (Å²) < 4.78 is 13.4. The summed E-state index contributed by atoms with van der Waals surface area (Å²) >= 11 is 0. The highest BCUT2D eigenvalue weighted by molar-refractivity contribution is 5.83. The van der Waals surface area contributed by atoms with Crippen molar-refractivity contribution in [1.29, 1.82) is 0 Å². The summed E-state index contributed by atoms with van der Waals surface area (Å²) in [7, 11) is 0. The van der Waals surface area contributed by atoms with Gasteiger partial charge in [0.25, 0.3) is 0 Å².